The third-order valence-corrected chi connectivity index (χ3v) is 7.46. The molecule has 0 aliphatic rings. The van der Waals surface area contributed by atoms with Crippen molar-refractivity contribution in [1.82, 2.24) is 14.8 Å². The molecule has 5 nitrogen and oxygen atoms in total. The van der Waals surface area contributed by atoms with Gasteiger partial charge in [-0.3, -0.25) is 4.79 Å². The summed E-state index contributed by atoms with van der Waals surface area (Å²) in [5, 5.41) is 15.3. The van der Waals surface area contributed by atoms with E-state index in [1.807, 2.05) is 0 Å². The van der Waals surface area contributed by atoms with E-state index in [1.54, 1.807) is 11.3 Å². The Morgan fingerprint density at radius 2 is 1.90 bits per heavy atom. The van der Waals surface area contributed by atoms with Crippen LogP contribution >= 0.6 is 57.9 Å². The van der Waals surface area contributed by atoms with Crippen molar-refractivity contribution in [3.63, 3.8) is 0 Å². The van der Waals surface area contributed by atoms with Crippen LogP contribution in [0.15, 0.2) is 28.7 Å². The number of aromatic nitrogens is 3. The number of anilines is 1. The molecule has 0 unspecified atom stereocenters. The molecule has 160 valence electrons. The lowest BCUT2D eigenvalue weighted by Crippen LogP contribution is -2.15. The smallest absolute Gasteiger partial charge is 0.234 e. The third kappa shape index (κ3) is 5.51. The van der Waals surface area contributed by atoms with Gasteiger partial charge in [0.1, 0.15) is 0 Å². The largest absolute Gasteiger partial charge is 0.324 e. The first-order chi connectivity index (χ1) is 14.3. The summed E-state index contributed by atoms with van der Waals surface area (Å²) >= 11 is 21.1. The van der Waals surface area contributed by atoms with Crippen LogP contribution in [0.1, 0.15) is 38.0 Å². The van der Waals surface area contributed by atoms with Gasteiger partial charge in [0, 0.05) is 22.4 Å². The van der Waals surface area contributed by atoms with E-state index in [1.165, 1.54) is 28.8 Å². The van der Waals surface area contributed by atoms with Crippen LogP contribution in [0.3, 0.4) is 0 Å². The highest BCUT2D eigenvalue weighted by molar-refractivity contribution is 7.99. The van der Waals surface area contributed by atoms with E-state index < -0.39 is 0 Å². The van der Waals surface area contributed by atoms with Crippen molar-refractivity contribution in [3.8, 4) is 11.4 Å². The molecule has 0 aliphatic heterocycles. The Morgan fingerprint density at radius 3 is 2.57 bits per heavy atom. The molecule has 0 saturated heterocycles. The molecule has 0 radical (unpaired) electrons. The van der Waals surface area contributed by atoms with Gasteiger partial charge in [-0.25, -0.2) is 0 Å². The van der Waals surface area contributed by atoms with Gasteiger partial charge in [0.15, 0.2) is 11.0 Å². The summed E-state index contributed by atoms with van der Waals surface area (Å²) in [6, 6.07) is 5.21. The number of carbonyl (C=O) groups excluding carboxylic acids is 1. The fraction of sp³-hybridized carbons (Fsp3) is 0.350. The number of amides is 1. The second-order valence-electron chi connectivity index (χ2n) is 6.93. The summed E-state index contributed by atoms with van der Waals surface area (Å²) in [6.45, 7) is 7.22. The lowest BCUT2D eigenvalue weighted by molar-refractivity contribution is -0.113. The van der Waals surface area contributed by atoms with Crippen LogP contribution in [0.4, 0.5) is 5.69 Å². The molecule has 1 aromatic carbocycles. The molecule has 0 saturated carbocycles. The van der Waals surface area contributed by atoms with E-state index in [2.05, 4.69) is 52.3 Å². The number of halogens is 3. The monoisotopic (exact) mass is 502 g/mol. The quantitative estimate of drug-likeness (QED) is 0.260. The van der Waals surface area contributed by atoms with E-state index in [9.17, 15) is 4.79 Å². The Morgan fingerprint density at radius 1 is 1.17 bits per heavy atom. The Bertz CT molecular complexity index is 1050. The summed E-state index contributed by atoms with van der Waals surface area (Å²) in [4.78, 5) is 13.7. The minimum absolute atomic E-state index is 0.166. The normalized spacial score (nSPS) is 11.3. The molecular weight excluding hydrogens is 483 g/mol. The summed E-state index contributed by atoms with van der Waals surface area (Å²) in [6.07, 6.45) is 0.935. The van der Waals surface area contributed by atoms with Crippen molar-refractivity contribution in [1.29, 1.82) is 0 Å². The first kappa shape index (κ1) is 23.4. The van der Waals surface area contributed by atoms with Crippen molar-refractivity contribution in [2.45, 2.75) is 44.8 Å². The van der Waals surface area contributed by atoms with Crippen molar-refractivity contribution in [2.24, 2.45) is 0 Å². The average molecular weight is 504 g/mol. The van der Waals surface area contributed by atoms with Gasteiger partial charge in [0.2, 0.25) is 5.91 Å². The van der Waals surface area contributed by atoms with E-state index in [4.69, 9.17) is 34.8 Å². The van der Waals surface area contributed by atoms with E-state index in [-0.39, 0.29) is 11.7 Å². The predicted octanol–water partition coefficient (Wildman–Crippen LogP) is 7.23. The molecule has 10 heteroatoms. The SMILES string of the molecule is CCCn1c(SCC(=O)Nc2cc(Cl)c(Cl)cc2Cl)nnc1-c1csc(C(C)C)c1. The van der Waals surface area contributed by atoms with Gasteiger partial charge >= 0.3 is 0 Å². The van der Waals surface area contributed by atoms with Crippen LogP contribution < -0.4 is 5.32 Å². The van der Waals surface area contributed by atoms with Crippen LogP contribution in [0, 0.1) is 0 Å². The Balaban J connectivity index is 1.72. The highest BCUT2D eigenvalue weighted by atomic mass is 35.5. The highest BCUT2D eigenvalue weighted by Crippen LogP contribution is 2.33. The second kappa shape index (κ2) is 10.4. The number of nitrogens with zero attached hydrogens (tertiary/aromatic N) is 3. The van der Waals surface area contributed by atoms with Crippen molar-refractivity contribution < 1.29 is 4.79 Å². The number of benzene rings is 1. The fourth-order valence-electron chi connectivity index (χ4n) is 2.74. The van der Waals surface area contributed by atoms with Gasteiger partial charge in [-0.2, -0.15) is 0 Å². The zero-order chi connectivity index (χ0) is 21.8. The molecule has 1 amide bonds. The van der Waals surface area contributed by atoms with Crippen LogP contribution in [0.2, 0.25) is 15.1 Å². The summed E-state index contributed by atoms with van der Waals surface area (Å²) in [5.41, 5.74) is 1.48. The number of hydrogen-bond donors (Lipinski definition) is 1. The van der Waals surface area contributed by atoms with E-state index in [0.717, 1.165) is 24.4 Å². The maximum absolute atomic E-state index is 12.4. The highest BCUT2D eigenvalue weighted by Gasteiger charge is 2.17. The number of thiophene rings is 1. The number of nitrogens with one attached hydrogen (secondary N) is 1. The van der Waals surface area contributed by atoms with Gasteiger partial charge in [0.05, 0.1) is 26.5 Å². The third-order valence-electron chi connectivity index (χ3n) is 4.23. The lowest BCUT2D eigenvalue weighted by Gasteiger charge is -2.10. The van der Waals surface area contributed by atoms with Crippen LogP contribution in [0.5, 0.6) is 0 Å². The zero-order valence-electron chi connectivity index (χ0n) is 16.7. The standard InChI is InChI=1S/C20H21Cl3N4OS2/c1-4-5-27-19(12-6-17(11(2)3)29-9-12)25-26-20(27)30-10-18(28)24-16-8-14(22)13(21)7-15(16)23/h6-9,11H,4-5,10H2,1-3H3,(H,24,28). The molecule has 0 spiro atoms. The lowest BCUT2D eigenvalue weighted by atomic mass is 10.1. The first-order valence-electron chi connectivity index (χ1n) is 9.39. The molecule has 0 atom stereocenters. The maximum Gasteiger partial charge on any atom is 0.234 e. The summed E-state index contributed by atoms with van der Waals surface area (Å²) < 4.78 is 2.07. The molecule has 3 rings (SSSR count). The fourth-order valence-corrected chi connectivity index (χ4v) is 5.00. The number of thioether (sulfide) groups is 1. The van der Waals surface area contributed by atoms with Crippen LogP contribution in [0.25, 0.3) is 11.4 Å². The van der Waals surface area contributed by atoms with Gasteiger partial charge < -0.3 is 9.88 Å². The number of rotatable bonds is 8. The zero-order valence-corrected chi connectivity index (χ0v) is 20.6. The molecule has 3 aromatic rings. The molecule has 1 N–H and O–H groups in total. The molecule has 0 bridgehead atoms. The number of hydrogen-bond acceptors (Lipinski definition) is 5. The Kier molecular flexibility index (Phi) is 8.10. The molecule has 2 heterocycles. The average Bonchev–Trinajstić information content (AvgIpc) is 3.32. The van der Waals surface area contributed by atoms with Gasteiger partial charge in [0.25, 0.3) is 0 Å². The summed E-state index contributed by atoms with van der Waals surface area (Å²) in [7, 11) is 0. The summed E-state index contributed by atoms with van der Waals surface area (Å²) in [5.74, 6) is 1.25. The number of carbonyl (C=O) groups is 1. The van der Waals surface area contributed by atoms with E-state index in [0.29, 0.717) is 31.8 Å². The first-order valence-corrected chi connectivity index (χ1v) is 12.4. The minimum Gasteiger partial charge on any atom is -0.324 e. The van der Waals surface area contributed by atoms with Crippen LogP contribution in [-0.4, -0.2) is 26.4 Å². The molecule has 0 aliphatic carbocycles. The molecule has 0 fully saturated rings. The second-order valence-corrected chi connectivity index (χ2v) is 10.0. The van der Waals surface area contributed by atoms with Gasteiger partial charge in [-0.05, 0) is 30.5 Å². The Hall–Kier alpha value is -1.25. The Labute approximate surface area is 199 Å². The van der Waals surface area contributed by atoms with E-state index >= 15 is 0 Å². The predicted molar refractivity (Wildman–Crippen MR) is 129 cm³/mol. The van der Waals surface area contributed by atoms with Gasteiger partial charge in [-0.15, -0.1) is 21.5 Å². The molecule has 2 aromatic heterocycles. The van der Waals surface area contributed by atoms with Gasteiger partial charge in [-0.1, -0.05) is 67.3 Å². The van der Waals surface area contributed by atoms with Crippen molar-refractivity contribution >= 4 is 69.5 Å². The van der Waals surface area contributed by atoms with Crippen molar-refractivity contribution in [2.75, 3.05) is 11.1 Å². The molecule has 30 heavy (non-hydrogen) atoms. The van der Waals surface area contributed by atoms with Crippen molar-refractivity contribution in [3.05, 3.63) is 43.5 Å². The minimum atomic E-state index is -0.217. The maximum atomic E-state index is 12.4. The topological polar surface area (TPSA) is 59.8 Å². The molecular formula is C20H21Cl3N4OS2. The van der Waals surface area contributed by atoms with Crippen LogP contribution in [-0.2, 0) is 11.3 Å².